The fourth-order valence-corrected chi connectivity index (χ4v) is 2.70. The average molecular weight is 271 g/mol. The molecule has 5 heteroatoms. The van der Waals surface area contributed by atoms with E-state index < -0.39 is 0 Å². The third kappa shape index (κ3) is 2.57. The minimum atomic E-state index is -0.186. The largest absolute Gasteiger partial charge is 0.348 e. The van der Waals surface area contributed by atoms with E-state index in [1.54, 1.807) is 24.4 Å². The van der Waals surface area contributed by atoms with Gasteiger partial charge in [-0.25, -0.2) is 4.98 Å². The minimum absolute atomic E-state index is 0.154. The maximum atomic E-state index is 12.2. The number of aromatic amines is 1. The summed E-state index contributed by atoms with van der Waals surface area (Å²) in [5, 5.41) is 3.53. The maximum absolute atomic E-state index is 12.2. The highest BCUT2D eigenvalue weighted by Crippen LogP contribution is 2.18. The van der Waals surface area contributed by atoms with Gasteiger partial charge in [-0.2, -0.15) is 0 Å². The topological polar surface area (TPSA) is 74.8 Å². The maximum Gasteiger partial charge on any atom is 0.270 e. The van der Waals surface area contributed by atoms with E-state index in [2.05, 4.69) is 15.3 Å². The molecule has 2 N–H and O–H groups in total. The first-order valence-electron chi connectivity index (χ1n) is 7.03. The molecule has 3 rings (SSSR count). The highest BCUT2D eigenvalue weighted by Gasteiger charge is 2.17. The number of hydrogen-bond donors (Lipinski definition) is 2. The van der Waals surface area contributed by atoms with Crippen molar-refractivity contribution in [3.8, 4) is 0 Å². The number of pyridine rings is 2. The molecule has 104 valence electrons. The first kappa shape index (κ1) is 12.8. The van der Waals surface area contributed by atoms with Crippen LogP contribution in [0.5, 0.6) is 0 Å². The Bertz CT molecular complexity index is 687. The Morgan fingerprint density at radius 1 is 1.20 bits per heavy atom. The summed E-state index contributed by atoms with van der Waals surface area (Å²) in [5.74, 6) is -0.154. The monoisotopic (exact) mass is 271 g/mol. The Morgan fingerprint density at radius 2 is 2.00 bits per heavy atom. The predicted molar refractivity (Wildman–Crippen MR) is 76.7 cm³/mol. The van der Waals surface area contributed by atoms with Crippen LogP contribution in [-0.4, -0.2) is 21.9 Å². The fourth-order valence-electron chi connectivity index (χ4n) is 2.70. The molecule has 1 aliphatic carbocycles. The van der Waals surface area contributed by atoms with Gasteiger partial charge in [0.2, 0.25) is 0 Å². The zero-order valence-corrected chi connectivity index (χ0v) is 11.2. The molecule has 1 saturated carbocycles. The molecule has 0 aromatic carbocycles. The van der Waals surface area contributed by atoms with Gasteiger partial charge in [0.15, 0.2) is 0 Å². The Morgan fingerprint density at radius 3 is 2.80 bits per heavy atom. The van der Waals surface area contributed by atoms with Crippen molar-refractivity contribution in [2.75, 3.05) is 0 Å². The summed E-state index contributed by atoms with van der Waals surface area (Å²) in [4.78, 5) is 30.6. The number of rotatable bonds is 2. The molecule has 20 heavy (non-hydrogen) atoms. The SMILES string of the molecule is O=C(NC1CCCCC1)c1ccc2c(=O)[nH]ccc2n1. The lowest BCUT2D eigenvalue weighted by molar-refractivity contribution is 0.0923. The van der Waals surface area contributed by atoms with E-state index in [1.165, 1.54) is 19.3 Å². The van der Waals surface area contributed by atoms with Crippen LogP contribution in [0.25, 0.3) is 10.9 Å². The smallest absolute Gasteiger partial charge is 0.270 e. The van der Waals surface area contributed by atoms with Gasteiger partial charge in [0, 0.05) is 12.2 Å². The van der Waals surface area contributed by atoms with E-state index in [4.69, 9.17) is 0 Å². The van der Waals surface area contributed by atoms with Crippen LogP contribution in [0.1, 0.15) is 42.6 Å². The van der Waals surface area contributed by atoms with Gasteiger partial charge in [-0.3, -0.25) is 9.59 Å². The van der Waals surface area contributed by atoms with E-state index in [9.17, 15) is 9.59 Å². The van der Waals surface area contributed by atoms with Crippen LogP contribution in [-0.2, 0) is 0 Å². The van der Waals surface area contributed by atoms with E-state index in [-0.39, 0.29) is 17.5 Å². The van der Waals surface area contributed by atoms with Gasteiger partial charge in [0.1, 0.15) is 5.69 Å². The third-order valence-corrected chi connectivity index (χ3v) is 3.80. The zero-order valence-electron chi connectivity index (χ0n) is 11.2. The van der Waals surface area contributed by atoms with Crippen molar-refractivity contribution in [3.63, 3.8) is 0 Å². The van der Waals surface area contributed by atoms with Gasteiger partial charge in [-0.15, -0.1) is 0 Å². The highest BCUT2D eigenvalue weighted by molar-refractivity contribution is 5.94. The lowest BCUT2D eigenvalue weighted by Gasteiger charge is -2.22. The first-order chi connectivity index (χ1) is 9.74. The quantitative estimate of drug-likeness (QED) is 0.877. The van der Waals surface area contributed by atoms with Crippen molar-refractivity contribution in [2.24, 2.45) is 0 Å². The second-order valence-electron chi connectivity index (χ2n) is 5.24. The van der Waals surface area contributed by atoms with Crippen molar-refractivity contribution in [2.45, 2.75) is 38.1 Å². The molecule has 1 aliphatic rings. The van der Waals surface area contributed by atoms with Crippen LogP contribution in [0, 0.1) is 0 Å². The van der Waals surface area contributed by atoms with Crippen LogP contribution in [0.3, 0.4) is 0 Å². The van der Waals surface area contributed by atoms with Crippen molar-refractivity contribution >= 4 is 16.8 Å². The molecular weight excluding hydrogens is 254 g/mol. The number of aromatic nitrogens is 2. The molecule has 0 aliphatic heterocycles. The number of nitrogens with zero attached hydrogens (tertiary/aromatic N) is 1. The molecule has 2 heterocycles. The number of fused-ring (bicyclic) bond motifs is 1. The Hall–Kier alpha value is -2.17. The molecule has 0 unspecified atom stereocenters. The molecular formula is C15H17N3O2. The Labute approximate surface area is 116 Å². The first-order valence-corrected chi connectivity index (χ1v) is 7.03. The van der Waals surface area contributed by atoms with Crippen molar-refractivity contribution < 1.29 is 4.79 Å². The summed E-state index contributed by atoms with van der Waals surface area (Å²) in [6.45, 7) is 0. The predicted octanol–water partition coefficient (Wildman–Crippen LogP) is 1.99. The summed E-state index contributed by atoms with van der Waals surface area (Å²) >= 11 is 0. The fraction of sp³-hybridized carbons (Fsp3) is 0.400. The number of H-pyrrole nitrogens is 1. The molecule has 0 atom stereocenters. The number of carbonyl (C=O) groups is 1. The van der Waals surface area contributed by atoms with E-state index >= 15 is 0 Å². The molecule has 2 aromatic rings. The third-order valence-electron chi connectivity index (χ3n) is 3.80. The lowest BCUT2D eigenvalue weighted by atomic mass is 9.95. The normalized spacial score (nSPS) is 16.2. The van der Waals surface area contributed by atoms with E-state index in [0.29, 0.717) is 16.6 Å². The number of carbonyl (C=O) groups excluding carboxylic acids is 1. The van der Waals surface area contributed by atoms with E-state index in [0.717, 1.165) is 12.8 Å². The lowest BCUT2D eigenvalue weighted by Crippen LogP contribution is -2.36. The van der Waals surface area contributed by atoms with Crippen LogP contribution in [0.15, 0.2) is 29.2 Å². The minimum Gasteiger partial charge on any atom is -0.348 e. The molecule has 1 fully saturated rings. The van der Waals surface area contributed by atoms with Crippen LogP contribution < -0.4 is 10.9 Å². The van der Waals surface area contributed by atoms with E-state index in [1.807, 2.05) is 0 Å². The number of hydrogen-bond acceptors (Lipinski definition) is 3. The molecule has 5 nitrogen and oxygen atoms in total. The second-order valence-corrected chi connectivity index (χ2v) is 5.24. The van der Waals surface area contributed by atoms with Crippen LogP contribution in [0.4, 0.5) is 0 Å². The second kappa shape index (κ2) is 5.45. The zero-order chi connectivity index (χ0) is 13.9. The Kier molecular flexibility index (Phi) is 3.50. The molecule has 0 spiro atoms. The number of amides is 1. The number of nitrogens with one attached hydrogen (secondary N) is 2. The highest BCUT2D eigenvalue weighted by atomic mass is 16.2. The van der Waals surface area contributed by atoms with Gasteiger partial charge >= 0.3 is 0 Å². The molecule has 1 amide bonds. The van der Waals surface area contributed by atoms with Crippen molar-refractivity contribution in [3.05, 3.63) is 40.4 Å². The summed E-state index contributed by atoms with van der Waals surface area (Å²) in [7, 11) is 0. The van der Waals surface area contributed by atoms with Crippen molar-refractivity contribution in [1.82, 2.24) is 15.3 Å². The Balaban J connectivity index is 1.82. The van der Waals surface area contributed by atoms with Gasteiger partial charge in [0.25, 0.3) is 11.5 Å². The average Bonchev–Trinajstić information content (AvgIpc) is 2.48. The van der Waals surface area contributed by atoms with Crippen LogP contribution >= 0.6 is 0 Å². The van der Waals surface area contributed by atoms with Crippen LogP contribution in [0.2, 0.25) is 0 Å². The summed E-state index contributed by atoms with van der Waals surface area (Å²) in [6.07, 6.45) is 7.22. The summed E-state index contributed by atoms with van der Waals surface area (Å²) < 4.78 is 0. The molecule has 0 radical (unpaired) electrons. The van der Waals surface area contributed by atoms with Gasteiger partial charge in [0.05, 0.1) is 10.9 Å². The molecule has 2 aromatic heterocycles. The molecule has 0 saturated heterocycles. The van der Waals surface area contributed by atoms with Crippen molar-refractivity contribution in [1.29, 1.82) is 0 Å². The summed E-state index contributed by atoms with van der Waals surface area (Å²) in [5.41, 5.74) is 0.730. The molecule has 0 bridgehead atoms. The van der Waals surface area contributed by atoms with Gasteiger partial charge in [-0.1, -0.05) is 19.3 Å². The van der Waals surface area contributed by atoms with Gasteiger partial charge in [-0.05, 0) is 31.0 Å². The standard InChI is InChI=1S/C15H17N3O2/c19-14-11-6-7-13(18-12(11)8-9-16-14)15(20)17-10-4-2-1-3-5-10/h6-10H,1-5H2,(H,16,19)(H,17,20). The van der Waals surface area contributed by atoms with Gasteiger partial charge < -0.3 is 10.3 Å². The summed E-state index contributed by atoms with van der Waals surface area (Å²) in [6, 6.07) is 5.22.